The number of thioether (sulfide) groups is 2. The Balaban J connectivity index is 1.97. The van der Waals surface area contributed by atoms with Crippen LogP contribution in [-0.2, 0) is 10.5 Å². The van der Waals surface area contributed by atoms with Crippen LogP contribution in [0.4, 0.5) is 5.69 Å². The number of carbonyl (C=O) groups is 1. The Bertz CT molecular complexity index is 775. The Labute approximate surface area is 150 Å². The van der Waals surface area contributed by atoms with E-state index in [-0.39, 0.29) is 17.2 Å². The lowest BCUT2D eigenvalue weighted by Gasteiger charge is -2.09. The summed E-state index contributed by atoms with van der Waals surface area (Å²) >= 11 is 2.94. The molecule has 0 unspecified atom stereocenters. The fourth-order valence-corrected chi connectivity index (χ4v) is 3.28. The highest BCUT2D eigenvalue weighted by Crippen LogP contribution is 2.18. The molecule has 24 heavy (non-hydrogen) atoms. The van der Waals surface area contributed by atoms with Crippen LogP contribution >= 0.6 is 23.5 Å². The van der Waals surface area contributed by atoms with Gasteiger partial charge in [0, 0.05) is 17.5 Å². The zero-order chi connectivity index (χ0) is 17.5. The third-order valence-corrected chi connectivity index (χ3v) is 5.02. The number of carbonyl (C=O) groups excluding carboxylic acids is 1. The van der Waals surface area contributed by atoms with E-state index in [4.69, 9.17) is 0 Å². The Morgan fingerprint density at radius 2 is 2.08 bits per heavy atom. The molecule has 1 aromatic carbocycles. The van der Waals surface area contributed by atoms with Crippen LogP contribution in [0.3, 0.4) is 0 Å². The number of benzene rings is 1. The second-order valence-electron chi connectivity index (χ2n) is 5.33. The second-order valence-corrected chi connectivity index (χ2v) is 7.57. The molecule has 5 nitrogen and oxygen atoms in total. The van der Waals surface area contributed by atoms with Gasteiger partial charge in [0.15, 0.2) is 5.16 Å². The van der Waals surface area contributed by atoms with Gasteiger partial charge in [-0.15, -0.1) is 0 Å². The number of aromatic amines is 1. The molecule has 0 aliphatic carbocycles. The van der Waals surface area contributed by atoms with Crippen molar-refractivity contribution < 1.29 is 4.79 Å². The van der Waals surface area contributed by atoms with Crippen molar-refractivity contribution in [3.63, 3.8) is 0 Å². The highest BCUT2D eigenvalue weighted by Gasteiger charge is 2.08. The van der Waals surface area contributed by atoms with Gasteiger partial charge in [-0.3, -0.25) is 9.59 Å². The average Bonchev–Trinajstić information content (AvgIpc) is 2.54. The molecular weight excluding hydrogens is 342 g/mol. The van der Waals surface area contributed by atoms with Crippen LogP contribution in [0.25, 0.3) is 0 Å². The number of hydrogen-bond acceptors (Lipinski definition) is 5. The Hall–Kier alpha value is -1.73. The first-order valence-electron chi connectivity index (χ1n) is 7.66. The molecule has 0 aliphatic rings. The quantitative estimate of drug-likeness (QED) is 0.583. The van der Waals surface area contributed by atoms with Crippen LogP contribution in [0.1, 0.15) is 23.7 Å². The van der Waals surface area contributed by atoms with E-state index in [9.17, 15) is 9.59 Å². The van der Waals surface area contributed by atoms with Gasteiger partial charge in [0.25, 0.3) is 5.56 Å². The number of H-pyrrole nitrogens is 1. The van der Waals surface area contributed by atoms with E-state index in [0.717, 1.165) is 28.3 Å². The highest BCUT2D eigenvalue weighted by atomic mass is 32.2. The van der Waals surface area contributed by atoms with Crippen LogP contribution in [0, 0.1) is 13.8 Å². The molecule has 0 atom stereocenters. The van der Waals surface area contributed by atoms with Crippen molar-refractivity contribution >= 4 is 35.1 Å². The van der Waals surface area contributed by atoms with Crippen LogP contribution in [0.15, 0.2) is 34.2 Å². The molecule has 0 radical (unpaired) electrons. The number of aryl methyl sites for hydroxylation is 2. The van der Waals surface area contributed by atoms with Gasteiger partial charge in [0.2, 0.25) is 5.91 Å². The van der Waals surface area contributed by atoms with Gasteiger partial charge in [-0.2, -0.15) is 11.8 Å². The fraction of sp³-hybridized carbons (Fsp3) is 0.353. The summed E-state index contributed by atoms with van der Waals surface area (Å²) in [6, 6.07) is 7.43. The van der Waals surface area contributed by atoms with Gasteiger partial charge in [-0.1, -0.05) is 30.8 Å². The third-order valence-electron chi connectivity index (χ3n) is 3.23. The number of anilines is 1. The summed E-state index contributed by atoms with van der Waals surface area (Å²) < 4.78 is 0. The number of nitrogens with zero attached hydrogens (tertiary/aromatic N) is 1. The molecule has 2 N–H and O–H groups in total. The van der Waals surface area contributed by atoms with Crippen LogP contribution in [0.2, 0.25) is 0 Å². The van der Waals surface area contributed by atoms with E-state index in [1.807, 2.05) is 32.0 Å². The number of nitrogens with one attached hydrogen (secondary N) is 2. The zero-order valence-electron chi connectivity index (χ0n) is 14.0. The summed E-state index contributed by atoms with van der Waals surface area (Å²) in [4.78, 5) is 30.9. The van der Waals surface area contributed by atoms with Gasteiger partial charge in [0.05, 0.1) is 11.4 Å². The van der Waals surface area contributed by atoms with Crippen molar-refractivity contribution in [2.24, 2.45) is 0 Å². The summed E-state index contributed by atoms with van der Waals surface area (Å²) in [7, 11) is 0. The van der Waals surface area contributed by atoms with Crippen LogP contribution in [-0.4, -0.2) is 27.4 Å². The third kappa shape index (κ3) is 5.72. The second kappa shape index (κ2) is 8.94. The summed E-state index contributed by atoms with van der Waals surface area (Å²) in [5.74, 6) is 1.74. The summed E-state index contributed by atoms with van der Waals surface area (Å²) in [6.07, 6.45) is 0. The minimum absolute atomic E-state index is 0.121. The monoisotopic (exact) mass is 363 g/mol. The molecule has 0 saturated heterocycles. The molecule has 0 aliphatic heterocycles. The number of aromatic nitrogens is 2. The minimum atomic E-state index is -0.186. The first-order valence-corrected chi connectivity index (χ1v) is 9.80. The van der Waals surface area contributed by atoms with Crippen molar-refractivity contribution in [1.82, 2.24) is 9.97 Å². The first kappa shape index (κ1) is 18.6. The van der Waals surface area contributed by atoms with E-state index >= 15 is 0 Å². The van der Waals surface area contributed by atoms with Gasteiger partial charge >= 0.3 is 0 Å². The molecule has 1 amide bonds. The molecule has 1 heterocycles. The number of rotatable bonds is 7. The maximum absolute atomic E-state index is 12.1. The molecule has 0 fully saturated rings. The van der Waals surface area contributed by atoms with Crippen LogP contribution < -0.4 is 10.9 Å². The topological polar surface area (TPSA) is 74.8 Å². The standard InChI is InChI=1S/C17H21N3O2S2/c1-4-23-9-13-8-15(21)20-17(18-13)24-10-16(22)19-14-7-11(2)5-6-12(14)3/h5-8H,4,9-10H2,1-3H3,(H,19,22)(H,18,20,21). The maximum atomic E-state index is 12.1. The molecule has 0 spiro atoms. The van der Waals surface area contributed by atoms with E-state index in [2.05, 4.69) is 22.2 Å². The molecular formula is C17H21N3O2S2. The van der Waals surface area contributed by atoms with Crippen LogP contribution in [0.5, 0.6) is 0 Å². The lowest BCUT2D eigenvalue weighted by Crippen LogP contribution is -2.16. The summed E-state index contributed by atoms with van der Waals surface area (Å²) in [5.41, 5.74) is 3.48. The smallest absolute Gasteiger partial charge is 0.251 e. The lowest BCUT2D eigenvalue weighted by molar-refractivity contribution is -0.113. The highest BCUT2D eigenvalue weighted by molar-refractivity contribution is 7.99. The molecule has 1 aromatic heterocycles. The molecule has 7 heteroatoms. The van der Waals surface area contributed by atoms with E-state index in [1.54, 1.807) is 11.8 Å². The minimum Gasteiger partial charge on any atom is -0.325 e. The van der Waals surface area contributed by atoms with Crippen molar-refractivity contribution in [1.29, 1.82) is 0 Å². The van der Waals surface area contributed by atoms with E-state index in [0.29, 0.717) is 10.9 Å². The van der Waals surface area contributed by atoms with Gasteiger partial charge < -0.3 is 10.3 Å². The van der Waals surface area contributed by atoms with Gasteiger partial charge in [-0.05, 0) is 36.8 Å². The van der Waals surface area contributed by atoms with Crippen molar-refractivity contribution in [3.05, 3.63) is 51.4 Å². The van der Waals surface area contributed by atoms with Crippen molar-refractivity contribution in [3.8, 4) is 0 Å². The Morgan fingerprint density at radius 1 is 1.29 bits per heavy atom. The molecule has 2 rings (SSSR count). The van der Waals surface area contributed by atoms with E-state index in [1.165, 1.54) is 17.8 Å². The normalized spacial score (nSPS) is 10.6. The molecule has 0 saturated carbocycles. The molecule has 2 aromatic rings. The van der Waals surface area contributed by atoms with Crippen molar-refractivity contribution in [2.45, 2.75) is 31.7 Å². The van der Waals surface area contributed by atoms with Gasteiger partial charge in [0.1, 0.15) is 0 Å². The van der Waals surface area contributed by atoms with E-state index < -0.39 is 0 Å². The predicted molar refractivity (Wildman–Crippen MR) is 102 cm³/mol. The SMILES string of the molecule is CCSCc1cc(=O)[nH]c(SCC(=O)Nc2cc(C)ccc2C)n1. The average molecular weight is 364 g/mol. The number of hydrogen-bond donors (Lipinski definition) is 2. The largest absolute Gasteiger partial charge is 0.325 e. The summed E-state index contributed by atoms with van der Waals surface area (Å²) in [6.45, 7) is 6.00. The first-order chi connectivity index (χ1) is 11.5. The fourth-order valence-electron chi connectivity index (χ4n) is 2.02. The Kier molecular flexibility index (Phi) is 6.93. The van der Waals surface area contributed by atoms with Crippen molar-refractivity contribution in [2.75, 3.05) is 16.8 Å². The number of amides is 1. The predicted octanol–water partition coefficient (Wildman–Crippen LogP) is 3.37. The molecule has 128 valence electrons. The Morgan fingerprint density at radius 3 is 2.83 bits per heavy atom. The lowest BCUT2D eigenvalue weighted by atomic mass is 10.1. The van der Waals surface area contributed by atoms with Gasteiger partial charge in [-0.25, -0.2) is 4.98 Å². The zero-order valence-corrected chi connectivity index (χ0v) is 15.6. The molecule has 0 bridgehead atoms. The maximum Gasteiger partial charge on any atom is 0.251 e. The summed E-state index contributed by atoms with van der Waals surface area (Å²) in [5, 5.41) is 3.38.